The third-order valence-corrected chi connectivity index (χ3v) is 5.95. The van der Waals surface area contributed by atoms with E-state index in [1.807, 2.05) is 35.1 Å². The van der Waals surface area contributed by atoms with Crippen LogP contribution in [-0.4, -0.2) is 58.7 Å². The Morgan fingerprint density at radius 2 is 1.89 bits per heavy atom. The van der Waals surface area contributed by atoms with E-state index in [-0.39, 0.29) is 6.10 Å². The average molecular weight is 392 g/mol. The van der Waals surface area contributed by atoms with Gasteiger partial charge in [0.25, 0.3) is 0 Å². The summed E-state index contributed by atoms with van der Waals surface area (Å²) >= 11 is 5.93. The monoisotopic (exact) mass is 391 g/mol. The number of aliphatic hydroxyl groups is 1. The molecule has 4 atom stereocenters. The molecule has 27 heavy (non-hydrogen) atoms. The maximum Gasteiger partial charge on any atom is 0.161 e. The van der Waals surface area contributed by atoms with Gasteiger partial charge in [-0.2, -0.15) is 5.10 Å². The molecular formula is C20H26ClN3O3. The first-order valence-corrected chi connectivity index (χ1v) is 9.88. The molecule has 1 aliphatic heterocycles. The van der Waals surface area contributed by atoms with Crippen LogP contribution in [0, 0.1) is 11.8 Å². The number of methoxy groups -OCH3 is 1. The maximum atomic E-state index is 10.6. The molecule has 0 unspecified atom stereocenters. The van der Waals surface area contributed by atoms with E-state index in [1.165, 1.54) is 0 Å². The summed E-state index contributed by atoms with van der Waals surface area (Å²) in [4.78, 5) is 2.46. The predicted molar refractivity (Wildman–Crippen MR) is 103 cm³/mol. The molecule has 0 bridgehead atoms. The summed E-state index contributed by atoms with van der Waals surface area (Å²) in [5, 5.41) is 15.5. The van der Waals surface area contributed by atoms with Gasteiger partial charge >= 0.3 is 0 Å². The topological polar surface area (TPSA) is 59.8 Å². The Morgan fingerprint density at radius 1 is 1.15 bits per heavy atom. The van der Waals surface area contributed by atoms with Gasteiger partial charge in [0.15, 0.2) is 11.5 Å². The summed E-state index contributed by atoms with van der Waals surface area (Å²) in [6.07, 6.45) is 4.55. The minimum absolute atomic E-state index is 0.188. The second-order valence-corrected chi connectivity index (χ2v) is 7.98. The number of aromatic nitrogens is 2. The van der Waals surface area contributed by atoms with Crippen molar-refractivity contribution < 1.29 is 14.6 Å². The lowest BCUT2D eigenvalue weighted by atomic mass is 9.78. The highest BCUT2D eigenvalue weighted by molar-refractivity contribution is 6.30. The highest BCUT2D eigenvalue weighted by Gasteiger charge is 2.42. The van der Waals surface area contributed by atoms with Crippen LogP contribution < -0.4 is 9.47 Å². The quantitative estimate of drug-likeness (QED) is 0.820. The highest BCUT2D eigenvalue weighted by Crippen LogP contribution is 2.39. The lowest BCUT2D eigenvalue weighted by Gasteiger charge is -2.35. The van der Waals surface area contributed by atoms with Gasteiger partial charge in [0, 0.05) is 25.8 Å². The van der Waals surface area contributed by atoms with E-state index in [0.29, 0.717) is 28.4 Å². The third kappa shape index (κ3) is 4.23. The van der Waals surface area contributed by atoms with Crippen LogP contribution in [0.5, 0.6) is 11.5 Å². The smallest absolute Gasteiger partial charge is 0.161 e. The first-order chi connectivity index (χ1) is 13.1. The molecule has 146 valence electrons. The largest absolute Gasteiger partial charge is 0.493 e. The highest BCUT2D eigenvalue weighted by atomic mass is 35.5. The van der Waals surface area contributed by atoms with Crippen LogP contribution in [0.15, 0.2) is 36.7 Å². The molecule has 1 saturated heterocycles. The molecule has 1 aliphatic carbocycles. The van der Waals surface area contributed by atoms with Gasteiger partial charge in [0.1, 0.15) is 6.10 Å². The zero-order chi connectivity index (χ0) is 18.8. The van der Waals surface area contributed by atoms with E-state index in [0.717, 1.165) is 39.0 Å². The second kappa shape index (κ2) is 8.09. The number of aliphatic hydroxyl groups excluding tert-OH is 1. The Labute approximate surface area is 164 Å². The van der Waals surface area contributed by atoms with Gasteiger partial charge in [0.05, 0.1) is 31.0 Å². The van der Waals surface area contributed by atoms with Crippen LogP contribution in [0.1, 0.15) is 12.8 Å². The Balaban J connectivity index is 1.34. The van der Waals surface area contributed by atoms with Gasteiger partial charge in [-0.1, -0.05) is 23.7 Å². The molecule has 1 aromatic heterocycles. The summed E-state index contributed by atoms with van der Waals surface area (Å²) in [5.74, 6) is 2.48. The van der Waals surface area contributed by atoms with E-state index in [9.17, 15) is 5.11 Å². The lowest BCUT2D eigenvalue weighted by molar-refractivity contribution is -0.0240. The van der Waals surface area contributed by atoms with E-state index >= 15 is 0 Å². The van der Waals surface area contributed by atoms with Crippen molar-refractivity contribution in [1.82, 2.24) is 14.7 Å². The standard InChI is InChI=1S/C20H26ClN3O3/c1-26-18-4-2-3-5-19(18)27-20-9-15-12-23(11-14(15)8-17(20)25)6-7-24-13-16(21)10-22-24/h2-5,10,13-15,17,20,25H,6-9,11-12H2,1H3/t14-,15+,17+,20+/m0/s1. The van der Waals surface area contributed by atoms with Crippen molar-refractivity contribution in [3.63, 3.8) is 0 Å². The van der Waals surface area contributed by atoms with Crippen molar-refractivity contribution in [3.05, 3.63) is 41.7 Å². The fourth-order valence-electron chi connectivity index (χ4n) is 4.38. The summed E-state index contributed by atoms with van der Waals surface area (Å²) < 4.78 is 13.4. The fraction of sp³-hybridized carbons (Fsp3) is 0.550. The summed E-state index contributed by atoms with van der Waals surface area (Å²) in [6.45, 7) is 3.84. The maximum absolute atomic E-state index is 10.6. The van der Waals surface area contributed by atoms with E-state index < -0.39 is 6.10 Å². The van der Waals surface area contributed by atoms with E-state index in [2.05, 4.69) is 10.00 Å². The van der Waals surface area contributed by atoms with Crippen molar-refractivity contribution >= 4 is 11.6 Å². The Morgan fingerprint density at radius 3 is 2.59 bits per heavy atom. The summed E-state index contributed by atoms with van der Waals surface area (Å²) in [5.41, 5.74) is 0. The van der Waals surface area contributed by atoms with Crippen molar-refractivity contribution in [3.8, 4) is 11.5 Å². The van der Waals surface area contributed by atoms with Crippen molar-refractivity contribution in [2.45, 2.75) is 31.6 Å². The number of hydrogen-bond acceptors (Lipinski definition) is 5. The Hall–Kier alpha value is -1.76. The second-order valence-electron chi connectivity index (χ2n) is 7.55. The predicted octanol–water partition coefficient (Wildman–Crippen LogP) is 2.70. The van der Waals surface area contributed by atoms with Gasteiger partial charge in [0.2, 0.25) is 0 Å². The minimum Gasteiger partial charge on any atom is -0.493 e. The fourth-order valence-corrected chi connectivity index (χ4v) is 4.54. The van der Waals surface area contributed by atoms with Gasteiger partial charge < -0.3 is 19.5 Å². The van der Waals surface area contributed by atoms with Crippen molar-refractivity contribution in [1.29, 1.82) is 0 Å². The van der Waals surface area contributed by atoms with Crippen LogP contribution in [-0.2, 0) is 6.54 Å². The first kappa shape index (κ1) is 18.6. The lowest BCUT2D eigenvalue weighted by Crippen LogP contribution is -2.42. The molecule has 2 heterocycles. The molecule has 0 amide bonds. The molecule has 4 rings (SSSR count). The molecule has 0 spiro atoms. The van der Waals surface area contributed by atoms with Gasteiger partial charge in [-0.3, -0.25) is 4.68 Å². The van der Waals surface area contributed by atoms with Gasteiger partial charge in [-0.05, 0) is 36.8 Å². The van der Waals surface area contributed by atoms with Gasteiger partial charge in [-0.15, -0.1) is 0 Å². The SMILES string of the molecule is COc1ccccc1O[C@@H]1C[C@@H]2CN(CCn3cc(Cl)cn3)C[C@@H]2C[C@H]1O. The molecular weight excluding hydrogens is 366 g/mol. The Kier molecular flexibility index (Phi) is 5.57. The molecule has 7 heteroatoms. The Bertz CT molecular complexity index is 768. The average Bonchev–Trinajstić information content (AvgIpc) is 3.26. The number of nitrogens with zero attached hydrogens (tertiary/aromatic N) is 3. The number of ether oxygens (including phenoxy) is 2. The van der Waals surface area contributed by atoms with E-state index in [1.54, 1.807) is 13.3 Å². The van der Waals surface area contributed by atoms with Crippen LogP contribution in [0.2, 0.25) is 5.02 Å². The molecule has 2 fully saturated rings. The normalized spacial score (nSPS) is 28.1. The number of halogens is 1. The molecule has 0 radical (unpaired) electrons. The third-order valence-electron chi connectivity index (χ3n) is 5.76. The molecule has 6 nitrogen and oxygen atoms in total. The van der Waals surface area contributed by atoms with Crippen LogP contribution in [0.25, 0.3) is 0 Å². The molecule has 1 aromatic carbocycles. The molecule has 1 N–H and O–H groups in total. The number of rotatable bonds is 6. The number of fused-ring (bicyclic) bond motifs is 1. The minimum atomic E-state index is -0.443. The van der Waals surface area contributed by atoms with Crippen LogP contribution >= 0.6 is 11.6 Å². The molecule has 1 saturated carbocycles. The number of benzene rings is 1. The zero-order valence-corrected chi connectivity index (χ0v) is 16.3. The number of para-hydroxylation sites is 2. The first-order valence-electron chi connectivity index (χ1n) is 9.50. The zero-order valence-electron chi connectivity index (χ0n) is 15.5. The van der Waals surface area contributed by atoms with E-state index in [4.69, 9.17) is 21.1 Å². The van der Waals surface area contributed by atoms with Gasteiger partial charge in [-0.25, -0.2) is 0 Å². The van der Waals surface area contributed by atoms with Crippen LogP contribution in [0.4, 0.5) is 0 Å². The number of hydrogen-bond donors (Lipinski definition) is 1. The summed E-state index contributed by atoms with van der Waals surface area (Å²) in [6, 6.07) is 7.62. The van der Waals surface area contributed by atoms with Crippen LogP contribution in [0.3, 0.4) is 0 Å². The van der Waals surface area contributed by atoms with Crippen molar-refractivity contribution in [2.24, 2.45) is 11.8 Å². The molecule has 2 aromatic rings. The number of likely N-dealkylation sites (tertiary alicyclic amines) is 1. The molecule has 2 aliphatic rings. The summed E-state index contributed by atoms with van der Waals surface area (Å²) in [7, 11) is 1.64. The van der Waals surface area contributed by atoms with Crippen molar-refractivity contribution in [2.75, 3.05) is 26.7 Å².